The summed E-state index contributed by atoms with van der Waals surface area (Å²) < 4.78 is 0. The topological polar surface area (TPSA) is 101 Å². The van der Waals surface area contributed by atoms with E-state index in [9.17, 15) is 19.7 Å². The van der Waals surface area contributed by atoms with Gasteiger partial charge in [-0.1, -0.05) is 13.0 Å². The van der Waals surface area contributed by atoms with E-state index in [1.807, 2.05) is 6.92 Å². The Bertz CT molecular complexity index is 570. The van der Waals surface area contributed by atoms with Crippen LogP contribution in [0.4, 0.5) is 5.69 Å². The number of carboxylic acid groups (broad SMARTS) is 1. The summed E-state index contributed by atoms with van der Waals surface area (Å²) in [5, 5.41) is 19.7. The zero-order chi connectivity index (χ0) is 16.2. The molecule has 1 unspecified atom stereocenters. The van der Waals surface area contributed by atoms with Gasteiger partial charge in [-0.25, -0.2) is 0 Å². The van der Waals surface area contributed by atoms with Crippen LogP contribution in [-0.2, 0) is 4.79 Å². The minimum atomic E-state index is -1.12. The molecule has 7 nitrogen and oxygen atoms in total. The molecule has 7 heteroatoms. The lowest BCUT2D eigenvalue weighted by molar-refractivity contribution is -0.384. The van der Waals surface area contributed by atoms with E-state index in [-0.39, 0.29) is 17.3 Å². The molecule has 0 radical (unpaired) electrons. The lowest BCUT2D eigenvalue weighted by atomic mass is 10.1. The van der Waals surface area contributed by atoms with E-state index in [0.29, 0.717) is 12.0 Å². The highest BCUT2D eigenvalue weighted by molar-refractivity contribution is 5.97. The first-order valence-electron chi connectivity index (χ1n) is 6.55. The number of aliphatic carboxylic acids is 1. The van der Waals surface area contributed by atoms with E-state index in [2.05, 4.69) is 0 Å². The maximum Gasteiger partial charge on any atom is 0.323 e. The van der Waals surface area contributed by atoms with Crippen LogP contribution in [0.2, 0.25) is 0 Å². The number of aryl methyl sites for hydroxylation is 1. The van der Waals surface area contributed by atoms with Gasteiger partial charge in [-0.15, -0.1) is 0 Å². The number of hydrogen-bond donors (Lipinski definition) is 1. The summed E-state index contributed by atoms with van der Waals surface area (Å²) in [6.07, 6.45) is 0.590. The number of rotatable bonds is 6. The number of nitro groups is 1. The Hall–Kier alpha value is -2.44. The number of carboxylic acids is 1. The first-order valence-corrected chi connectivity index (χ1v) is 6.55. The number of carbonyl (C=O) groups is 2. The predicted octanol–water partition coefficient (Wildman–Crippen LogP) is 2.23. The minimum Gasteiger partial charge on any atom is -0.480 e. The van der Waals surface area contributed by atoms with Crippen LogP contribution in [-0.4, -0.2) is 39.4 Å². The Morgan fingerprint density at radius 2 is 2.05 bits per heavy atom. The molecule has 0 aliphatic rings. The fourth-order valence-electron chi connectivity index (χ4n) is 1.90. The molecule has 0 spiro atoms. The van der Waals surface area contributed by atoms with Gasteiger partial charge in [-0.3, -0.25) is 19.7 Å². The van der Waals surface area contributed by atoms with Crippen molar-refractivity contribution in [3.63, 3.8) is 0 Å². The first kappa shape index (κ1) is 16.6. The van der Waals surface area contributed by atoms with Gasteiger partial charge in [0.2, 0.25) is 0 Å². The van der Waals surface area contributed by atoms with Crippen LogP contribution in [0.5, 0.6) is 0 Å². The van der Waals surface area contributed by atoms with Gasteiger partial charge in [0.05, 0.1) is 4.92 Å². The molecule has 0 heterocycles. The molecule has 1 N–H and O–H groups in total. The van der Waals surface area contributed by atoms with Crippen LogP contribution in [0.1, 0.15) is 36.2 Å². The summed E-state index contributed by atoms with van der Waals surface area (Å²) >= 11 is 0. The third kappa shape index (κ3) is 4.01. The Morgan fingerprint density at radius 3 is 2.52 bits per heavy atom. The van der Waals surface area contributed by atoms with E-state index >= 15 is 0 Å². The maximum absolute atomic E-state index is 12.5. The number of carbonyl (C=O) groups excluding carboxylic acids is 1. The van der Waals surface area contributed by atoms with Crippen molar-refractivity contribution < 1.29 is 19.6 Å². The molecule has 21 heavy (non-hydrogen) atoms. The van der Waals surface area contributed by atoms with Gasteiger partial charge in [0.1, 0.15) is 6.54 Å². The van der Waals surface area contributed by atoms with Crippen molar-refractivity contribution >= 4 is 17.6 Å². The second-order valence-corrected chi connectivity index (χ2v) is 4.84. The number of nitro benzene ring substituents is 1. The van der Waals surface area contributed by atoms with Crippen molar-refractivity contribution in [3.05, 3.63) is 39.4 Å². The second-order valence-electron chi connectivity index (χ2n) is 4.84. The standard InChI is InChI=1S/C14H18N2O5/c1-4-10(3)15(8-13(17)18)14(19)12-7-11(16(20)21)6-5-9(12)2/h5-7,10H,4,8H2,1-3H3,(H,17,18). The molecule has 1 atom stereocenters. The second kappa shape index (κ2) is 6.83. The van der Waals surface area contributed by atoms with Gasteiger partial charge in [0, 0.05) is 23.7 Å². The summed E-state index contributed by atoms with van der Waals surface area (Å²) in [7, 11) is 0. The lowest BCUT2D eigenvalue weighted by Crippen LogP contribution is -2.42. The fourth-order valence-corrected chi connectivity index (χ4v) is 1.90. The van der Waals surface area contributed by atoms with Gasteiger partial charge >= 0.3 is 5.97 Å². The van der Waals surface area contributed by atoms with Gasteiger partial charge in [-0.05, 0) is 25.8 Å². The van der Waals surface area contributed by atoms with Crippen molar-refractivity contribution in [1.29, 1.82) is 0 Å². The van der Waals surface area contributed by atoms with Crippen LogP contribution in [0, 0.1) is 17.0 Å². The highest BCUT2D eigenvalue weighted by Gasteiger charge is 2.25. The molecule has 1 rings (SSSR count). The smallest absolute Gasteiger partial charge is 0.323 e. The summed E-state index contributed by atoms with van der Waals surface area (Å²) in [4.78, 5) is 34.9. The molecule has 1 aromatic rings. The molecule has 1 amide bonds. The highest BCUT2D eigenvalue weighted by atomic mass is 16.6. The molecule has 0 fully saturated rings. The number of nitrogens with zero attached hydrogens (tertiary/aromatic N) is 2. The number of amides is 1. The van der Waals surface area contributed by atoms with Gasteiger partial charge < -0.3 is 10.0 Å². The van der Waals surface area contributed by atoms with Crippen molar-refractivity contribution in [3.8, 4) is 0 Å². The summed E-state index contributed by atoms with van der Waals surface area (Å²) in [6.45, 7) is 4.81. The Morgan fingerprint density at radius 1 is 1.43 bits per heavy atom. The van der Waals surface area contributed by atoms with Gasteiger partial charge in [-0.2, -0.15) is 0 Å². The normalized spacial score (nSPS) is 11.8. The third-order valence-electron chi connectivity index (χ3n) is 3.35. The number of hydrogen-bond acceptors (Lipinski definition) is 4. The molecule has 0 aliphatic heterocycles. The zero-order valence-electron chi connectivity index (χ0n) is 12.2. The van der Waals surface area contributed by atoms with Gasteiger partial charge in [0.15, 0.2) is 0 Å². The molecule has 0 aromatic heterocycles. The van der Waals surface area contributed by atoms with Crippen molar-refractivity contribution in [2.45, 2.75) is 33.2 Å². The van der Waals surface area contributed by atoms with Crippen molar-refractivity contribution in [2.75, 3.05) is 6.54 Å². The summed E-state index contributed by atoms with van der Waals surface area (Å²) in [6, 6.07) is 3.72. The fraction of sp³-hybridized carbons (Fsp3) is 0.429. The van der Waals surface area contributed by atoms with Crippen LogP contribution >= 0.6 is 0 Å². The first-order chi connectivity index (χ1) is 9.77. The Balaban J connectivity index is 3.22. The molecular weight excluding hydrogens is 276 g/mol. The molecule has 0 saturated carbocycles. The van der Waals surface area contributed by atoms with Gasteiger partial charge in [0.25, 0.3) is 11.6 Å². The van der Waals surface area contributed by atoms with E-state index in [1.165, 1.54) is 23.1 Å². The van der Waals surface area contributed by atoms with E-state index in [0.717, 1.165) is 0 Å². The van der Waals surface area contributed by atoms with Crippen LogP contribution in [0.3, 0.4) is 0 Å². The quantitative estimate of drug-likeness (QED) is 0.640. The lowest BCUT2D eigenvalue weighted by Gasteiger charge is -2.27. The van der Waals surface area contributed by atoms with Crippen molar-refractivity contribution in [1.82, 2.24) is 4.90 Å². The molecule has 0 aliphatic carbocycles. The molecule has 1 aromatic carbocycles. The van der Waals surface area contributed by atoms with E-state index in [1.54, 1.807) is 13.8 Å². The monoisotopic (exact) mass is 294 g/mol. The maximum atomic E-state index is 12.5. The number of benzene rings is 1. The predicted molar refractivity (Wildman–Crippen MR) is 76.3 cm³/mol. The molecular formula is C14H18N2O5. The Kier molecular flexibility index (Phi) is 5.40. The molecule has 0 bridgehead atoms. The largest absolute Gasteiger partial charge is 0.480 e. The summed E-state index contributed by atoms with van der Waals surface area (Å²) in [5.74, 6) is -1.63. The highest BCUT2D eigenvalue weighted by Crippen LogP contribution is 2.20. The molecule has 0 saturated heterocycles. The van der Waals surface area contributed by atoms with Crippen LogP contribution in [0.15, 0.2) is 18.2 Å². The van der Waals surface area contributed by atoms with E-state index in [4.69, 9.17) is 5.11 Å². The molecule has 114 valence electrons. The van der Waals surface area contributed by atoms with Crippen molar-refractivity contribution in [2.24, 2.45) is 0 Å². The minimum absolute atomic E-state index is 0.158. The number of non-ortho nitro benzene ring substituents is 1. The van der Waals surface area contributed by atoms with E-state index < -0.39 is 23.3 Å². The Labute approximate surface area is 122 Å². The van der Waals surface area contributed by atoms with Crippen LogP contribution < -0.4 is 0 Å². The zero-order valence-corrected chi connectivity index (χ0v) is 12.2. The average molecular weight is 294 g/mol. The SMILES string of the molecule is CCC(C)N(CC(=O)O)C(=O)c1cc([N+](=O)[O-])ccc1C. The third-order valence-corrected chi connectivity index (χ3v) is 3.35. The summed E-state index contributed by atoms with van der Waals surface area (Å²) in [5.41, 5.74) is 0.540. The van der Waals surface area contributed by atoms with Crippen LogP contribution in [0.25, 0.3) is 0 Å². The average Bonchev–Trinajstić information content (AvgIpc) is 2.43.